The lowest BCUT2D eigenvalue weighted by molar-refractivity contribution is 1.16. The lowest BCUT2D eigenvalue weighted by atomic mass is 10.2. The van der Waals surface area contributed by atoms with Gasteiger partial charge in [0.2, 0.25) is 0 Å². The number of nitrogen functional groups attached to an aromatic ring is 1. The summed E-state index contributed by atoms with van der Waals surface area (Å²) in [7, 11) is 0. The van der Waals surface area contributed by atoms with Crippen molar-refractivity contribution < 1.29 is 0 Å². The molecule has 0 bridgehead atoms. The van der Waals surface area contributed by atoms with E-state index in [1.807, 2.05) is 19.1 Å². The molecule has 2 nitrogen and oxygen atoms in total. The molecule has 0 saturated carbocycles. The molecule has 1 heterocycles. The second-order valence-corrected chi connectivity index (χ2v) is 4.34. The van der Waals surface area contributed by atoms with Crippen LogP contribution in [0.1, 0.15) is 11.1 Å². The number of nitrogens with one attached hydrogen (secondary N) is 1. The molecule has 0 aliphatic carbocycles. The van der Waals surface area contributed by atoms with Crippen LogP contribution in [0.25, 0.3) is 0 Å². The maximum atomic E-state index is 5.75. The molecule has 0 saturated heterocycles. The van der Waals surface area contributed by atoms with Gasteiger partial charge in [-0.15, -0.1) is 0 Å². The summed E-state index contributed by atoms with van der Waals surface area (Å²) < 4.78 is 0. The summed E-state index contributed by atoms with van der Waals surface area (Å²) in [4.78, 5) is 0. The highest BCUT2D eigenvalue weighted by Gasteiger charge is 1.97. The molecule has 0 amide bonds. The number of rotatable bonds is 3. The summed E-state index contributed by atoms with van der Waals surface area (Å²) in [5.41, 5.74) is 10.1. The van der Waals surface area contributed by atoms with Gasteiger partial charge in [-0.1, -0.05) is 0 Å². The van der Waals surface area contributed by atoms with Crippen LogP contribution in [0.3, 0.4) is 0 Å². The highest BCUT2D eigenvalue weighted by atomic mass is 32.1. The molecule has 3 N–H and O–H groups in total. The maximum Gasteiger partial charge on any atom is 0.0409 e. The molecule has 0 aliphatic rings. The molecular weight excluding hydrogens is 204 g/mol. The highest BCUT2D eigenvalue weighted by Crippen LogP contribution is 2.17. The van der Waals surface area contributed by atoms with E-state index in [-0.39, 0.29) is 0 Å². The molecule has 0 unspecified atom stereocenters. The molecule has 0 spiro atoms. The summed E-state index contributed by atoms with van der Waals surface area (Å²) in [5.74, 6) is 0. The van der Waals surface area contributed by atoms with Gasteiger partial charge in [0.1, 0.15) is 0 Å². The van der Waals surface area contributed by atoms with Crippen LogP contribution < -0.4 is 11.1 Å². The van der Waals surface area contributed by atoms with Gasteiger partial charge in [0, 0.05) is 17.9 Å². The average molecular weight is 218 g/mol. The van der Waals surface area contributed by atoms with Gasteiger partial charge in [-0.05, 0) is 53.1 Å². The second-order valence-electron chi connectivity index (χ2n) is 3.56. The fourth-order valence-electron chi connectivity index (χ4n) is 1.38. The Labute approximate surface area is 93.7 Å². The largest absolute Gasteiger partial charge is 0.399 e. The Morgan fingerprint density at radius 1 is 1.33 bits per heavy atom. The standard InChI is InChI=1S/C12H14N2S/c1-9-6-11(2-3-12(9)13)14-7-10-4-5-15-8-10/h2-6,8,14H,7,13H2,1H3. The first-order valence-electron chi connectivity index (χ1n) is 4.87. The van der Waals surface area contributed by atoms with Gasteiger partial charge in [0.05, 0.1) is 0 Å². The highest BCUT2D eigenvalue weighted by molar-refractivity contribution is 7.07. The Hall–Kier alpha value is -1.48. The van der Waals surface area contributed by atoms with Crippen LogP contribution in [0.15, 0.2) is 35.0 Å². The topological polar surface area (TPSA) is 38.0 Å². The third-order valence-electron chi connectivity index (χ3n) is 2.35. The Balaban J connectivity index is 2.02. The molecule has 0 fully saturated rings. The Bertz CT molecular complexity index is 435. The van der Waals surface area contributed by atoms with Gasteiger partial charge in [0.15, 0.2) is 0 Å². The smallest absolute Gasteiger partial charge is 0.0409 e. The van der Waals surface area contributed by atoms with Crippen molar-refractivity contribution in [1.82, 2.24) is 0 Å². The van der Waals surface area contributed by atoms with Gasteiger partial charge in [-0.2, -0.15) is 11.3 Å². The van der Waals surface area contributed by atoms with Gasteiger partial charge in [0.25, 0.3) is 0 Å². The van der Waals surface area contributed by atoms with Crippen molar-refractivity contribution in [2.24, 2.45) is 0 Å². The molecule has 0 aliphatic heterocycles. The third kappa shape index (κ3) is 2.50. The number of anilines is 2. The molecular formula is C12H14N2S. The lowest BCUT2D eigenvalue weighted by Gasteiger charge is -2.07. The van der Waals surface area contributed by atoms with E-state index in [1.54, 1.807) is 11.3 Å². The van der Waals surface area contributed by atoms with E-state index < -0.39 is 0 Å². The monoisotopic (exact) mass is 218 g/mol. The molecule has 1 aromatic carbocycles. The van der Waals surface area contributed by atoms with Gasteiger partial charge in [-0.25, -0.2) is 0 Å². The zero-order valence-corrected chi connectivity index (χ0v) is 9.47. The average Bonchev–Trinajstić information content (AvgIpc) is 2.73. The van der Waals surface area contributed by atoms with Crippen LogP contribution in [0.4, 0.5) is 11.4 Å². The van der Waals surface area contributed by atoms with E-state index in [0.717, 1.165) is 23.5 Å². The quantitative estimate of drug-likeness (QED) is 0.776. The first-order valence-corrected chi connectivity index (χ1v) is 5.81. The summed E-state index contributed by atoms with van der Waals surface area (Å²) in [5, 5.41) is 7.60. The van der Waals surface area contributed by atoms with E-state index in [0.29, 0.717) is 0 Å². The van der Waals surface area contributed by atoms with Gasteiger partial charge >= 0.3 is 0 Å². The molecule has 3 heteroatoms. The Kier molecular flexibility index (Phi) is 2.92. The number of benzene rings is 1. The van der Waals surface area contributed by atoms with Crippen molar-refractivity contribution in [2.45, 2.75) is 13.5 Å². The minimum Gasteiger partial charge on any atom is -0.399 e. The summed E-state index contributed by atoms with van der Waals surface area (Å²) >= 11 is 1.72. The van der Waals surface area contributed by atoms with Crippen molar-refractivity contribution in [1.29, 1.82) is 0 Å². The number of thiophene rings is 1. The molecule has 2 aromatic rings. The fourth-order valence-corrected chi connectivity index (χ4v) is 2.05. The van der Waals surface area contributed by atoms with Crippen LogP contribution in [-0.2, 0) is 6.54 Å². The third-order valence-corrected chi connectivity index (χ3v) is 3.08. The normalized spacial score (nSPS) is 10.2. The minimum absolute atomic E-state index is 0.844. The first-order chi connectivity index (χ1) is 7.25. The number of hydrogen-bond acceptors (Lipinski definition) is 3. The van der Waals surface area contributed by atoms with Crippen molar-refractivity contribution in [3.8, 4) is 0 Å². The van der Waals surface area contributed by atoms with Crippen LogP contribution in [-0.4, -0.2) is 0 Å². The maximum absolute atomic E-state index is 5.75. The fraction of sp³-hybridized carbons (Fsp3) is 0.167. The number of nitrogens with two attached hydrogens (primary N) is 1. The van der Waals surface area contributed by atoms with E-state index >= 15 is 0 Å². The van der Waals surface area contributed by atoms with Crippen molar-refractivity contribution in [3.05, 3.63) is 46.2 Å². The molecule has 15 heavy (non-hydrogen) atoms. The number of aryl methyl sites for hydroxylation is 1. The zero-order valence-electron chi connectivity index (χ0n) is 8.66. The van der Waals surface area contributed by atoms with Gasteiger partial charge in [-0.3, -0.25) is 0 Å². The minimum atomic E-state index is 0.844. The Morgan fingerprint density at radius 2 is 2.20 bits per heavy atom. The second kappa shape index (κ2) is 4.36. The van der Waals surface area contributed by atoms with Crippen molar-refractivity contribution in [2.75, 3.05) is 11.1 Å². The lowest BCUT2D eigenvalue weighted by Crippen LogP contribution is -1.99. The van der Waals surface area contributed by atoms with Crippen molar-refractivity contribution in [3.63, 3.8) is 0 Å². The molecule has 2 rings (SSSR count). The predicted octanol–water partition coefficient (Wildman–Crippen LogP) is 3.25. The zero-order chi connectivity index (χ0) is 10.7. The SMILES string of the molecule is Cc1cc(NCc2ccsc2)ccc1N. The van der Waals surface area contributed by atoms with E-state index in [2.05, 4.69) is 28.2 Å². The van der Waals surface area contributed by atoms with Crippen LogP contribution in [0, 0.1) is 6.92 Å². The molecule has 0 radical (unpaired) electrons. The molecule has 0 atom stereocenters. The van der Waals surface area contributed by atoms with E-state index in [4.69, 9.17) is 5.73 Å². The van der Waals surface area contributed by atoms with E-state index in [9.17, 15) is 0 Å². The Morgan fingerprint density at radius 3 is 2.87 bits per heavy atom. The first kappa shape index (κ1) is 10.1. The van der Waals surface area contributed by atoms with Crippen molar-refractivity contribution >= 4 is 22.7 Å². The van der Waals surface area contributed by atoms with Crippen LogP contribution in [0.5, 0.6) is 0 Å². The van der Waals surface area contributed by atoms with E-state index in [1.165, 1.54) is 5.56 Å². The number of hydrogen-bond donors (Lipinski definition) is 2. The molecule has 1 aromatic heterocycles. The van der Waals surface area contributed by atoms with Crippen LogP contribution >= 0.6 is 11.3 Å². The summed E-state index contributed by atoms with van der Waals surface area (Å²) in [6.07, 6.45) is 0. The summed E-state index contributed by atoms with van der Waals surface area (Å²) in [6, 6.07) is 8.14. The molecule has 78 valence electrons. The summed E-state index contributed by atoms with van der Waals surface area (Å²) in [6.45, 7) is 2.89. The van der Waals surface area contributed by atoms with Crippen LogP contribution in [0.2, 0.25) is 0 Å². The predicted molar refractivity (Wildman–Crippen MR) is 67.2 cm³/mol. The van der Waals surface area contributed by atoms with Gasteiger partial charge < -0.3 is 11.1 Å².